The summed E-state index contributed by atoms with van der Waals surface area (Å²) >= 11 is 0. The SMILES string of the molecule is CC/C=C/C=C/C=C\CCCCCCCC(=O)OC(CCC/C=C/C/C=C/C/C=C/C/C=C/CC)CC(=O)NC(CO)C(O)CCCCCCCCCCCCCCC. The highest BCUT2D eigenvalue weighted by Crippen LogP contribution is 2.16. The maximum atomic E-state index is 13.2. The number of aliphatic hydroxyl groups is 2. The van der Waals surface area contributed by atoms with Crippen LogP contribution in [0.4, 0.5) is 0 Å². The second kappa shape index (κ2) is 46.1. The van der Waals surface area contributed by atoms with Gasteiger partial charge in [0.05, 0.1) is 25.2 Å². The Morgan fingerprint density at radius 2 is 1.02 bits per heavy atom. The van der Waals surface area contributed by atoms with E-state index in [1.54, 1.807) is 0 Å². The van der Waals surface area contributed by atoms with Gasteiger partial charge in [0.25, 0.3) is 0 Å². The first-order chi connectivity index (χ1) is 29.0. The minimum absolute atomic E-state index is 0.0273. The largest absolute Gasteiger partial charge is 0.462 e. The molecule has 0 aromatic carbocycles. The number of hydrogen-bond acceptors (Lipinski definition) is 5. The lowest BCUT2D eigenvalue weighted by molar-refractivity contribution is -0.151. The van der Waals surface area contributed by atoms with Crippen molar-refractivity contribution in [2.75, 3.05) is 6.61 Å². The number of ether oxygens (including phenoxy) is 1. The molecular formula is C53H91NO5. The number of nitrogens with one attached hydrogen (secondary N) is 1. The van der Waals surface area contributed by atoms with Crippen LogP contribution in [0.5, 0.6) is 0 Å². The average Bonchev–Trinajstić information content (AvgIpc) is 3.23. The molecule has 59 heavy (non-hydrogen) atoms. The summed E-state index contributed by atoms with van der Waals surface area (Å²) in [6.45, 7) is 6.20. The van der Waals surface area contributed by atoms with Crippen molar-refractivity contribution in [2.45, 2.75) is 232 Å². The van der Waals surface area contributed by atoms with Crippen molar-refractivity contribution in [3.05, 3.63) is 85.1 Å². The van der Waals surface area contributed by atoms with Crippen LogP contribution in [-0.4, -0.2) is 46.9 Å². The van der Waals surface area contributed by atoms with Gasteiger partial charge in [0.15, 0.2) is 0 Å². The number of allylic oxidation sites excluding steroid dienone is 14. The van der Waals surface area contributed by atoms with E-state index in [1.165, 1.54) is 64.2 Å². The molecule has 3 atom stereocenters. The van der Waals surface area contributed by atoms with E-state index in [9.17, 15) is 19.8 Å². The van der Waals surface area contributed by atoms with Crippen LogP contribution in [0.15, 0.2) is 85.1 Å². The van der Waals surface area contributed by atoms with Gasteiger partial charge in [0.1, 0.15) is 6.10 Å². The van der Waals surface area contributed by atoms with Crippen LogP contribution < -0.4 is 5.32 Å². The Bertz CT molecular complexity index is 1150. The number of aliphatic hydroxyl groups excluding tert-OH is 2. The van der Waals surface area contributed by atoms with Gasteiger partial charge in [-0.3, -0.25) is 9.59 Å². The Labute approximate surface area is 363 Å². The molecule has 0 bridgehead atoms. The zero-order valence-corrected chi connectivity index (χ0v) is 38.4. The minimum atomic E-state index is -0.809. The minimum Gasteiger partial charge on any atom is -0.462 e. The predicted octanol–water partition coefficient (Wildman–Crippen LogP) is 14.4. The van der Waals surface area contributed by atoms with E-state index in [0.717, 1.165) is 103 Å². The van der Waals surface area contributed by atoms with Crippen LogP contribution in [0.25, 0.3) is 0 Å². The molecule has 0 aliphatic carbocycles. The third-order valence-corrected chi connectivity index (χ3v) is 10.5. The number of esters is 1. The van der Waals surface area contributed by atoms with E-state index in [-0.39, 0.29) is 24.9 Å². The third-order valence-electron chi connectivity index (χ3n) is 10.5. The Hall–Kier alpha value is -2.96. The molecule has 0 saturated heterocycles. The molecule has 338 valence electrons. The van der Waals surface area contributed by atoms with Crippen molar-refractivity contribution in [2.24, 2.45) is 0 Å². The molecule has 0 fully saturated rings. The van der Waals surface area contributed by atoms with Gasteiger partial charge in [-0.1, -0.05) is 209 Å². The van der Waals surface area contributed by atoms with Gasteiger partial charge in [0.2, 0.25) is 5.91 Å². The maximum Gasteiger partial charge on any atom is 0.306 e. The van der Waals surface area contributed by atoms with Crippen molar-refractivity contribution in [3.8, 4) is 0 Å². The van der Waals surface area contributed by atoms with Crippen LogP contribution in [0, 0.1) is 0 Å². The molecule has 0 radical (unpaired) electrons. The first-order valence-electron chi connectivity index (χ1n) is 24.3. The topological polar surface area (TPSA) is 95.9 Å². The summed E-state index contributed by atoms with van der Waals surface area (Å²) in [6, 6.07) is -0.726. The second-order valence-electron chi connectivity index (χ2n) is 16.2. The molecule has 6 heteroatoms. The molecule has 1 amide bonds. The first-order valence-corrected chi connectivity index (χ1v) is 24.3. The summed E-state index contributed by atoms with van der Waals surface area (Å²) in [7, 11) is 0. The Kier molecular flexibility index (Phi) is 43.8. The second-order valence-corrected chi connectivity index (χ2v) is 16.2. The van der Waals surface area contributed by atoms with E-state index >= 15 is 0 Å². The molecule has 0 aromatic rings. The number of hydrogen-bond donors (Lipinski definition) is 3. The Morgan fingerprint density at radius 3 is 1.59 bits per heavy atom. The molecule has 3 N–H and O–H groups in total. The number of unbranched alkanes of at least 4 members (excludes halogenated alkanes) is 18. The number of carbonyl (C=O) groups excluding carboxylic acids is 2. The Balaban J connectivity index is 4.72. The maximum absolute atomic E-state index is 13.2. The number of rotatable bonds is 42. The van der Waals surface area contributed by atoms with E-state index in [4.69, 9.17) is 4.74 Å². The predicted molar refractivity (Wildman–Crippen MR) is 254 cm³/mol. The lowest BCUT2D eigenvalue weighted by Crippen LogP contribution is -2.46. The molecule has 0 spiro atoms. The highest BCUT2D eigenvalue weighted by atomic mass is 16.5. The average molecular weight is 822 g/mol. The quantitative estimate of drug-likeness (QED) is 0.0247. The zero-order valence-electron chi connectivity index (χ0n) is 38.4. The molecule has 0 aromatic heterocycles. The molecule has 0 rings (SSSR count). The van der Waals surface area contributed by atoms with Gasteiger partial charge in [-0.2, -0.15) is 0 Å². The van der Waals surface area contributed by atoms with Crippen LogP contribution >= 0.6 is 0 Å². The van der Waals surface area contributed by atoms with Crippen molar-refractivity contribution in [1.82, 2.24) is 5.32 Å². The monoisotopic (exact) mass is 822 g/mol. The van der Waals surface area contributed by atoms with E-state index in [2.05, 4.69) is 111 Å². The standard InChI is InChI=1S/C53H91NO5/c1-4-7-10-13-16-19-22-25-28-29-32-35-38-41-44-49(59-53(58)46-43-40-37-34-31-27-24-21-18-15-12-9-6-3)47-52(57)54-50(48-55)51(56)45-42-39-36-33-30-26-23-20-17-14-11-8-5-2/h7,9-10,12,15-16,18-19,21,24-25,28,32,35,49-51,55-56H,4-6,8,11,13-14,17,20,22-23,26-27,29-31,33-34,36-48H2,1-3H3,(H,54,57)/b10-7+,12-9+,18-15+,19-16+,24-21-,28-25+,35-32+. The lowest BCUT2D eigenvalue weighted by Gasteiger charge is -2.24. The Morgan fingerprint density at radius 1 is 0.525 bits per heavy atom. The lowest BCUT2D eigenvalue weighted by atomic mass is 10.0. The van der Waals surface area contributed by atoms with Gasteiger partial charge in [0, 0.05) is 6.42 Å². The normalized spacial score (nSPS) is 14.1. The third kappa shape index (κ3) is 41.6. The summed E-state index contributed by atoms with van der Waals surface area (Å²) < 4.78 is 5.88. The smallest absolute Gasteiger partial charge is 0.306 e. The summed E-state index contributed by atoms with van der Waals surface area (Å²) in [4.78, 5) is 26.1. The van der Waals surface area contributed by atoms with Crippen LogP contribution in [0.1, 0.15) is 213 Å². The number of amides is 1. The first kappa shape index (κ1) is 56.0. The van der Waals surface area contributed by atoms with Crippen LogP contribution in [0.2, 0.25) is 0 Å². The number of carbonyl (C=O) groups is 2. The van der Waals surface area contributed by atoms with Crippen molar-refractivity contribution < 1.29 is 24.5 Å². The van der Waals surface area contributed by atoms with E-state index in [1.807, 2.05) is 0 Å². The highest BCUT2D eigenvalue weighted by Gasteiger charge is 2.24. The fourth-order valence-electron chi connectivity index (χ4n) is 6.90. The highest BCUT2D eigenvalue weighted by molar-refractivity contribution is 5.77. The molecule has 6 nitrogen and oxygen atoms in total. The van der Waals surface area contributed by atoms with Gasteiger partial charge < -0.3 is 20.3 Å². The van der Waals surface area contributed by atoms with Crippen molar-refractivity contribution in [1.29, 1.82) is 0 Å². The molecule has 0 heterocycles. The van der Waals surface area contributed by atoms with Gasteiger partial charge >= 0.3 is 5.97 Å². The summed E-state index contributed by atoms with van der Waals surface area (Å²) in [5, 5.41) is 23.7. The van der Waals surface area contributed by atoms with Crippen LogP contribution in [0.3, 0.4) is 0 Å². The zero-order chi connectivity index (χ0) is 43.1. The molecular weight excluding hydrogens is 731 g/mol. The van der Waals surface area contributed by atoms with Crippen molar-refractivity contribution in [3.63, 3.8) is 0 Å². The van der Waals surface area contributed by atoms with E-state index < -0.39 is 18.2 Å². The molecule has 3 unspecified atom stereocenters. The fraction of sp³-hybridized carbons (Fsp3) is 0.698. The van der Waals surface area contributed by atoms with Crippen LogP contribution in [-0.2, 0) is 14.3 Å². The summed E-state index contributed by atoms with van der Waals surface area (Å²) in [6.07, 6.45) is 59.3. The fourth-order valence-corrected chi connectivity index (χ4v) is 6.90. The van der Waals surface area contributed by atoms with Crippen molar-refractivity contribution >= 4 is 11.9 Å². The van der Waals surface area contributed by atoms with Gasteiger partial charge in [-0.05, 0) is 77.0 Å². The van der Waals surface area contributed by atoms with Gasteiger partial charge in [-0.25, -0.2) is 0 Å². The van der Waals surface area contributed by atoms with E-state index in [0.29, 0.717) is 19.3 Å². The molecule has 0 aliphatic rings. The summed E-state index contributed by atoms with van der Waals surface area (Å²) in [5.74, 6) is -0.559. The van der Waals surface area contributed by atoms with Gasteiger partial charge in [-0.15, -0.1) is 0 Å². The molecule has 0 saturated carbocycles. The molecule has 0 aliphatic heterocycles. The summed E-state index contributed by atoms with van der Waals surface area (Å²) in [5.41, 5.74) is 0.